The summed E-state index contributed by atoms with van der Waals surface area (Å²) in [6.07, 6.45) is 7.40. The predicted molar refractivity (Wildman–Crippen MR) is 71.9 cm³/mol. The van der Waals surface area contributed by atoms with Crippen LogP contribution in [0.2, 0.25) is 0 Å². The molecule has 0 spiro atoms. The third-order valence-corrected chi connectivity index (χ3v) is 4.69. The van der Waals surface area contributed by atoms with E-state index >= 15 is 0 Å². The Morgan fingerprint density at radius 3 is 2.26 bits per heavy atom. The summed E-state index contributed by atoms with van der Waals surface area (Å²) in [5, 5.41) is 15.0. The van der Waals surface area contributed by atoms with E-state index in [0.717, 1.165) is 32.1 Å². The smallest absolute Gasteiger partial charge is 0.329 e. The van der Waals surface area contributed by atoms with Gasteiger partial charge >= 0.3 is 12.0 Å². The maximum atomic E-state index is 12.0. The average molecular weight is 268 g/mol. The summed E-state index contributed by atoms with van der Waals surface area (Å²) >= 11 is 0. The summed E-state index contributed by atoms with van der Waals surface area (Å²) in [5.74, 6) is -0.350. The molecule has 108 valence electrons. The Balaban J connectivity index is 1.89. The lowest BCUT2D eigenvalue weighted by Crippen LogP contribution is -2.59. The third-order valence-electron chi connectivity index (χ3n) is 4.69. The summed E-state index contributed by atoms with van der Waals surface area (Å²) in [7, 11) is 0. The summed E-state index contributed by atoms with van der Waals surface area (Å²) in [6.45, 7) is 2.00. The predicted octanol–water partition coefficient (Wildman–Crippen LogP) is 2.26. The molecule has 0 heterocycles. The van der Waals surface area contributed by atoms with Crippen LogP contribution in [0.3, 0.4) is 0 Å². The number of carboxylic acids is 1. The molecule has 5 nitrogen and oxygen atoms in total. The number of nitrogens with one attached hydrogen (secondary N) is 2. The van der Waals surface area contributed by atoms with E-state index in [4.69, 9.17) is 0 Å². The maximum absolute atomic E-state index is 12.0. The van der Waals surface area contributed by atoms with Crippen molar-refractivity contribution in [3.05, 3.63) is 0 Å². The molecule has 0 aromatic rings. The Morgan fingerprint density at radius 1 is 1.16 bits per heavy atom. The highest BCUT2D eigenvalue weighted by molar-refractivity contribution is 5.86. The first-order valence-corrected chi connectivity index (χ1v) is 7.35. The fraction of sp³-hybridized carbons (Fsp3) is 0.857. The molecule has 2 fully saturated rings. The average Bonchev–Trinajstić information content (AvgIpc) is 2.26. The van der Waals surface area contributed by atoms with Crippen LogP contribution in [0.25, 0.3) is 0 Å². The number of aliphatic carboxylic acids is 1. The molecule has 2 aliphatic rings. The first-order valence-electron chi connectivity index (χ1n) is 7.35. The van der Waals surface area contributed by atoms with Crippen LogP contribution >= 0.6 is 0 Å². The van der Waals surface area contributed by atoms with Gasteiger partial charge in [-0.2, -0.15) is 0 Å². The number of carboxylic acid groups (broad SMARTS) is 1. The van der Waals surface area contributed by atoms with Gasteiger partial charge in [0, 0.05) is 6.04 Å². The largest absolute Gasteiger partial charge is 0.480 e. The normalized spacial score (nSPS) is 24.1. The minimum Gasteiger partial charge on any atom is -0.480 e. The molecule has 0 bridgehead atoms. The number of hydrogen-bond acceptors (Lipinski definition) is 2. The Kier molecular flexibility index (Phi) is 4.32. The number of carbonyl (C=O) groups is 2. The molecular formula is C14H24N2O3. The van der Waals surface area contributed by atoms with Crippen molar-refractivity contribution in [2.45, 2.75) is 69.9 Å². The van der Waals surface area contributed by atoms with Gasteiger partial charge in [-0.1, -0.05) is 25.7 Å². The molecular weight excluding hydrogens is 244 g/mol. The first-order chi connectivity index (χ1) is 9.03. The van der Waals surface area contributed by atoms with E-state index < -0.39 is 11.5 Å². The zero-order valence-corrected chi connectivity index (χ0v) is 11.6. The molecule has 1 unspecified atom stereocenters. The van der Waals surface area contributed by atoms with Gasteiger partial charge in [0.05, 0.1) is 0 Å². The molecule has 1 atom stereocenters. The minimum atomic E-state index is -1.05. The van der Waals surface area contributed by atoms with Gasteiger partial charge in [0.15, 0.2) is 0 Å². The molecule has 19 heavy (non-hydrogen) atoms. The third kappa shape index (κ3) is 3.19. The van der Waals surface area contributed by atoms with Crippen LogP contribution in [0.1, 0.15) is 58.3 Å². The second-order valence-electron chi connectivity index (χ2n) is 6.03. The Morgan fingerprint density at radius 2 is 1.79 bits per heavy atom. The summed E-state index contributed by atoms with van der Waals surface area (Å²) in [5.41, 5.74) is -1.05. The van der Waals surface area contributed by atoms with E-state index in [9.17, 15) is 14.7 Å². The van der Waals surface area contributed by atoms with Crippen LogP contribution < -0.4 is 10.6 Å². The van der Waals surface area contributed by atoms with Crippen LogP contribution in [0.4, 0.5) is 4.79 Å². The standard InChI is InChI=1S/C14H24N2O3/c1-10(11-6-5-7-11)15-13(19)16-14(12(17)18)8-3-2-4-9-14/h10-11H,2-9H2,1H3,(H,17,18)(H2,15,16,19). The van der Waals surface area contributed by atoms with Gasteiger partial charge in [0.25, 0.3) is 0 Å². The summed E-state index contributed by atoms with van der Waals surface area (Å²) < 4.78 is 0. The molecule has 0 aliphatic heterocycles. The van der Waals surface area contributed by atoms with Gasteiger partial charge in [0.1, 0.15) is 5.54 Å². The van der Waals surface area contributed by atoms with Gasteiger partial charge in [-0.3, -0.25) is 0 Å². The SMILES string of the molecule is CC(NC(=O)NC1(C(=O)O)CCCCC1)C1CCC1. The van der Waals surface area contributed by atoms with E-state index in [-0.39, 0.29) is 12.1 Å². The molecule has 5 heteroatoms. The zero-order chi connectivity index (χ0) is 13.9. The van der Waals surface area contributed by atoms with Crippen LogP contribution in [-0.4, -0.2) is 28.7 Å². The molecule has 0 aromatic heterocycles. The Labute approximate surface area is 114 Å². The van der Waals surface area contributed by atoms with Crippen molar-refractivity contribution in [2.24, 2.45) is 5.92 Å². The van der Waals surface area contributed by atoms with Crippen molar-refractivity contribution in [1.29, 1.82) is 0 Å². The fourth-order valence-corrected chi connectivity index (χ4v) is 3.07. The van der Waals surface area contributed by atoms with Gasteiger partial charge < -0.3 is 15.7 Å². The minimum absolute atomic E-state index is 0.128. The number of amides is 2. The number of carbonyl (C=O) groups excluding carboxylic acids is 1. The van der Waals surface area contributed by atoms with E-state index in [1.165, 1.54) is 6.42 Å². The summed E-state index contributed by atoms with van der Waals surface area (Å²) in [4.78, 5) is 23.4. The van der Waals surface area contributed by atoms with Crippen LogP contribution in [0, 0.1) is 5.92 Å². The fourth-order valence-electron chi connectivity index (χ4n) is 3.07. The van der Waals surface area contributed by atoms with Crippen LogP contribution in [0.5, 0.6) is 0 Å². The summed E-state index contributed by atoms with van der Waals surface area (Å²) in [6, 6.07) is -0.202. The van der Waals surface area contributed by atoms with E-state index in [1.807, 2.05) is 6.92 Å². The van der Waals surface area contributed by atoms with Crippen LogP contribution in [0.15, 0.2) is 0 Å². The maximum Gasteiger partial charge on any atom is 0.329 e. The topological polar surface area (TPSA) is 78.4 Å². The lowest BCUT2D eigenvalue weighted by atomic mass is 9.80. The molecule has 0 aromatic carbocycles. The number of rotatable bonds is 4. The van der Waals surface area contributed by atoms with Gasteiger partial charge in [-0.15, -0.1) is 0 Å². The number of hydrogen-bond donors (Lipinski definition) is 3. The lowest BCUT2D eigenvalue weighted by molar-refractivity contribution is -0.145. The molecule has 2 rings (SSSR count). The molecule has 3 N–H and O–H groups in total. The quantitative estimate of drug-likeness (QED) is 0.731. The monoisotopic (exact) mass is 268 g/mol. The Bertz CT molecular complexity index is 347. The second kappa shape index (κ2) is 5.80. The highest BCUT2D eigenvalue weighted by atomic mass is 16.4. The van der Waals surface area contributed by atoms with Crippen LogP contribution in [-0.2, 0) is 4.79 Å². The van der Waals surface area contributed by atoms with Gasteiger partial charge in [0.2, 0.25) is 0 Å². The van der Waals surface area contributed by atoms with Crippen molar-refractivity contribution in [1.82, 2.24) is 10.6 Å². The van der Waals surface area contributed by atoms with E-state index in [0.29, 0.717) is 18.8 Å². The van der Waals surface area contributed by atoms with Crippen molar-refractivity contribution >= 4 is 12.0 Å². The van der Waals surface area contributed by atoms with Gasteiger partial charge in [-0.05, 0) is 38.5 Å². The molecule has 0 saturated heterocycles. The lowest BCUT2D eigenvalue weighted by Gasteiger charge is -2.36. The van der Waals surface area contributed by atoms with Crippen molar-refractivity contribution < 1.29 is 14.7 Å². The molecule has 2 saturated carbocycles. The zero-order valence-electron chi connectivity index (χ0n) is 11.6. The van der Waals surface area contributed by atoms with E-state index in [1.54, 1.807) is 0 Å². The highest BCUT2D eigenvalue weighted by Crippen LogP contribution is 2.30. The molecule has 2 amide bonds. The van der Waals surface area contributed by atoms with Gasteiger partial charge in [-0.25, -0.2) is 9.59 Å². The van der Waals surface area contributed by atoms with Crippen molar-refractivity contribution in [3.63, 3.8) is 0 Å². The Hall–Kier alpha value is -1.26. The van der Waals surface area contributed by atoms with Crippen molar-refractivity contribution in [3.8, 4) is 0 Å². The molecule has 2 aliphatic carbocycles. The van der Waals surface area contributed by atoms with E-state index in [2.05, 4.69) is 10.6 Å². The number of urea groups is 1. The molecule has 0 radical (unpaired) electrons. The second-order valence-corrected chi connectivity index (χ2v) is 6.03. The van der Waals surface area contributed by atoms with Crippen molar-refractivity contribution in [2.75, 3.05) is 0 Å². The highest BCUT2D eigenvalue weighted by Gasteiger charge is 2.41. The first kappa shape index (κ1) is 14.2.